The number of alkyl halides is 1. The van der Waals surface area contributed by atoms with Crippen molar-refractivity contribution in [1.82, 2.24) is 19.9 Å². The predicted octanol–water partition coefficient (Wildman–Crippen LogP) is 3.06. The number of halogens is 1. The Balaban J connectivity index is 2.39. The normalized spacial score (nSPS) is 14.4. The predicted molar refractivity (Wildman–Crippen MR) is 84.4 cm³/mol. The van der Waals surface area contributed by atoms with Gasteiger partial charge in [0.2, 0.25) is 5.91 Å². The summed E-state index contributed by atoms with van der Waals surface area (Å²) in [4.78, 5) is 21.2. The summed E-state index contributed by atoms with van der Waals surface area (Å²) in [6.45, 7) is 8.46. The number of carbonyl (C=O) groups excluding carboxylic acids is 1. The van der Waals surface area contributed by atoms with E-state index < -0.39 is 6.04 Å². The molecule has 1 N–H and O–H groups in total. The molecule has 114 valence electrons. The second-order valence-corrected chi connectivity index (χ2v) is 6.27. The van der Waals surface area contributed by atoms with Crippen molar-refractivity contribution in [2.75, 3.05) is 6.54 Å². The van der Waals surface area contributed by atoms with Gasteiger partial charge in [-0.25, -0.2) is 9.97 Å². The monoisotopic (exact) mass is 308 g/mol. The van der Waals surface area contributed by atoms with Crippen molar-refractivity contribution in [2.24, 2.45) is 5.92 Å². The molecular formula is C15H21ClN4O. The van der Waals surface area contributed by atoms with Crippen LogP contribution >= 0.6 is 11.6 Å². The van der Waals surface area contributed by atoms with Crippen LogP contribution in [0.25, 0.3) is 11.2 Å². The Bertz CT molecular complexity index is 636. The second kappa shape index (κ2) is 6.43. The van der Waals surface area contributed by atoms with Crippen LogP contribution in [-0.2, 0) is 4.79 Å². The van der Waals surface area contributed by atoms with E-state index in [9.17, 15) is 4.79 Å². The summed E-state index contributed by atoms with van der Waals surface area (Å²) in [6.07, 6.45) is 1.70. The SMILES string of the molecule is CC(C)CNC(=O)C(C)n1c(C(C)Cl)nc2cccnc21. The van der Waals surface area contributed by atoms with Gasteiger partial charge in [-0.3, -0.25) is 9.36 Å². The maximum absolute atomic E-state index is 12.3. The first-order valence-corrected chi connectivity index (χ1v) is 7.60. The zero-order valence-corrected chi connectivity index (χ0v) is 13.6. The minimum atomic E-state index is -0.403. The van der Waals surface area contributed by atoms with Crippen molar-refractivity contribution >= 4 is 28.7 Å². The van der Waals surface area contributed by atoms with E-state index in [1.54, 1.807) is 6.20 Å². The van der Waals surface area contributed by atoms with Crippen LogP contribution in [0, 0.1) is 5.92 Å². The van der Waals surface area contributed by atoms with Gasteiger partial charge in [-0.2, -0.15) is 0 Å². The fourth-order valence-electron chi connectivity index (χ4n) is 2.18. The minimum absolute atomic E-state index is 0.0489. The van der Waals surface area contributed by atoms with Crippen molar-refractivity contribution in [2.45, 2.75) is 39.1 Å². The van der Waals surface area contributed by atoms with Crippen LogP contribution in [0.4, 0.5) is 0 Å². The second-order valence-electron chi connectivity index (χ2n) is 5.62. The lowest BCUT2D eigenvalue weighted by Gasteiger charge is -2.18. The Morgan fingerprint density at radius 1 is 1.38 bits per heavy atom. The molecule has 21 heavy (non-hydrogen) atoms. The largest absolute Gasteiger partial charge is 0.354 e. The van der Waals surface area contributed by atoms with Crippen molar-refractivity contribution in [3.8, 4) is 0 Å². The van der Waals surface area contributed by atoms with Gasteiger partial charge in [-0.15, -0.1) is 11.6 Å². The summed E-state index contributed by atoms with van der Waals surface area (Å²) < 4.78 is 1.82. The molecule has 0 aliphatic heterocycles. The Morgan fingerprint density at radius 3 is 2.71 bits per heavy atom. The molecule has 2 rings (SSSR count). The van der Waals surface area contributed by atoms with Gasteiger partial charge < -0.3 is 5.32 Å². The molecule has 0 spiro atoms. The van der Waals surface area contributed by atoms with E-state index in [4.69, 9.17) is 11.6 Å². The number of pyridine rings is 1. The molecule has 0 saturated heterocycles. The molecule has 5 nitrogen and oxygen atoms in total. The van der Waals surface area contributed by atoms with E-state index in [2.05, 4.69) is 29.1 Å². The lowest BCUT2D eigenvalue weighted by atomic mass is 10.2. The van der Waals surface area contributed by atoms with Crippen LogP contribution in [0.1, 0.15) is 44.9 Å². The number of imidazole rings is 1. The molecule has 0 aromatic carbocycles. The summed E-state index contributed by atoms with van der Waals surface area (Å²) >= 11 is 6.21. The van der Waals surface area contributed by atoms with Gasteiger partial charge in [-0.05, 0) is 31.9 Å². The van der Waals surface area contributed by atoms with Crippen molar-refractivity contribution in [3.63, 3.8) is 0 Å². The highest BCUT2D eigenvalue weighted by Crippen LogP contribution is 2.26. The van der Waals surface area contributed by atoms with Crippen LogP contribution in [0.5, 0.6) is 0 Å². The smallest absolute Gasteiger partial charge is 0.242 e. The third-order valence-corrected chi connectivity index (χ3v) is 3.48. The minimum Gasteiger partial charge on any atom is -0.354 e. The number of carbonyl (C=O) groups is 1. The van der Waals surface area contributed by atoms with Gasteiger partial charge in [0.15, 0.2) is 5.65 Å². The first-order valence-electron chi connectivity index (χ1n) is 7.16. The average molecular weight is 309 g/mol. The van der Waals surface area contributed by atoms with Crippen molar-refractivity contribution in [3.05, 3.63) is 24.2 Å². The highest BCUT2D eigenvalue weighted by Gasteiger charge is 2.24. The van der Waals surface area contributed by atoms with Gasteiger partial charge in [0, 0.05) is 12.7 Å². The van der Waals surface area contributed by atoms with E-state index in [-0.39, 0.29) is 11.3 Å². The average Bonchev–Trinajstić information content (AvgIpc) is 2.83. The molecular weight excluding hydrogens is 288 g/mol. The topological polar surface area (TPSA) is 59.8 Å². The highest BCUT2D eigenvalue weighted by molar-refractivity contribution is 6.20. The van der Waals surface area contributed by atoms with Gasteiger partial charge in [0.05, 0.1) is 5.38 Å². The van der Waals surface area contributed by atoms with Crippen LogP contribution in [0.2, 0.25) is 0 Å². The first kappa shape index (κ1) is 15.8. The molecule has 0 fully saturated rings. The number of rotatable bonds is 5. The third-order valence-electron chi connectivity index (χ3n) is 3.28. The van der Waals surface area contributed by atoms with Crippen molar-refractivity contribution < 1.29 is 4.79 Å². The van der Waals surface area contributed by atoms with Gasteiger partial charge in [0.1, 0.15) is 17.4 Å². The van der Waals surface area contributed by atoms with E-state index in [1.807, 2.05) is 30.5 Å². The third kappa shape index (κ3) is 3.35. The lowest BCUT2D eigenvalue weighted by Crippen LogP contribution is -2.34. The Labute approximate surface area is 129 Å². The molecule has 0 radical (unpaired) electrons. The maximum atomic E-state index is 12.3. The van der Waals surface area contributed by atoms with E-state index in [1.165, 1.54) is 0 Å². The van der Waals surface area contributed by atoms with Gasteiger partial charge in [0.25, 0.3) is 0 Å². The molecule has 2 heterocycles. The van der Waals surface area contributed by atoms with E-state index in [0.29, 0.717) is 23.9 Å². The van der Waals surface area contributed by atoms with Crippen LogP contribution in [-0.4, -0.2) is 27.0 Å². The summed E-state index contributed by atoms with van der Waals surface area (Å²) in [5.41, 5.74) is 1.44. The molecule has 0 aliphatic rings. The molecule has 2 aromatic rings. The lowest BCUT2D eigenvalue weighted by molar-refractivity contribution is -0.124. The number of aromatic nitrogens is 3. The summed E-state index contributed by atoms with van der Waals surface area (Å²) in [6, 6.07) is 3.30. The molecule has 2 unspecified atom stereocenters. The van der Waals surface area contributed by atoms with Crippen LogP contribution < -0.4 is 5.32 Å². The number of hydrogen-bond donors (Lipinski definition) is 1. The summed E-state index contributed by atoms with van der Waals surface area (Å²) in [7, 11) is 0. The first-order chi connectivity index (χ1) is 9.91. The zero-order valence-electron chi connectivity index (χ0n) is 12.8. The molecule has 2 atom stereocenters. The Morgan fingerprint density at radius 2 is 2.10 bits per heavy atom. The number of nitrogens with one attached hydrogen (secondary N) is 1. The van der Waals surface area contributed by atoms with E-state index in [0.717, 1.165) is 5.52 Å². The molecule has 1 amide bonds. The molecule has 0 bridgehead atoms. The number of hydrogen-bond acceptors (Lipinski definition) is 3. The fourth-order valence-corrected chi connectivity index (χ4v) is 2.33. The number of nitrogens with zero attached hydrogens (tertiary/aromatic N) is 3. The molecule has 6 heteroatoms. The molecule has 0 aliphatic carbocycles. The number of fused-ring (bicyclic) bond motifs is 1. The van der Waals surface area contributed by atoms with Crippen LogP contribution in [0.15, 0.2) is 18.3 Å². The van der Waals surface area contributed by atoms with Crippen LogP contribution in [0.3, 0.4) is 0 Å². The Hall–Kier alpha value is -1.62. The molecule has 0 saturated carbocycles. The summed E-state index contributed by atoms with van der Waals surface area (Å²) in [5, 5.41) is 2.65. The zero-order chi connectivity index (χ0) is 15.6. The summed E-state index contributed by atoms with van der Waals surface area (Å²) in [5.74, 6) is 1.02. The standard InChI is InChI=1S/C15H21ClN4O/c1-9(2)8-18-15(21)11(4)20-13(10(3)16)19-12-6-5-7-17-14(12)20/h5-7,9-11H,8H2,1-4H3,(H,18,21). The van der Waals surface area contributed by atoms with Crippen molar-refractivity contribution in [1.29, 1.82) is 0 Å². The molecule has 2 aromatic heterocycles. The van der Waals surface area contributed by atoms with E-state index >= 15 is 0 Å². The fraction of sp³-hybridized carbons (Fsp3) is 0.533. The maximum Gasteiger partial charge on any atom is 0.242 e. The number of amides is 1. The Kier molecular flexibility index (Phi) is 4.83. The van der Waals surface area contributed by atoms with Gasteiger partial charge in [-0.1, -0.05) is 13.8 Å². The van der Waals surface area contributed by atoms with Gasteiger partial charge >= 0.3 is 0 Å². The quantitative estimate of drug-likeness (QED) is 0.864. The highest BCUT2D eigenvalue weighted by atomic mass is 35.5.